The average molecular weight is 462 g/mol. The summed E-state index contributed by atoms with van der Waals surface area (Å²) < 4.78 is 26.6. The number of nitrogens with one attached hydrogen (secondary N) is 1. The molecule has 0 saturated heterocycles. The fourth-order valence-electron chi connectivity index (χ4n) is 2.13. The molecule has 0 aliphatic carbocycles. The smallest absolute Gasteiger partial charge is 0.407 e. The van der Waals surface area contributed by atoms with Crippen LogP contribution in [0.15, 0.2) is 22.7 Å². The number of hydrogen-bond donors (Lipinski definition) is 1. The monoisotopic (exact) mass is 461 g/mol. The van der Waals surface area contributed by atoms with E-state index in [9.17, 15) is 9.18 Å². The summed E-state index contributed by atoms with van der Waals surface area (Å²) in [6, 6.07) is 4.45. The number of ether oxygens (including phenoxy) is 1. The second-order valence-corrected chi connectivity index (χ2v) is 15.0. The first-order valence-corrected chi connectivity index (χ1v) is 12.9. The molecule has 0 unspecified atom stereocenters. The lowest BCUT2D eigenvalue weighted by Gasteiger charge is -2.37. The van der Waals surface area contributed by atoms with Gasteiger partial charge in [-0.1, -0.05) is 42.8 Å². The van der Waals surface area contributed by atoms with Crippen LogP contribution in [-0.4, -0.2) is 32.7 Å². The van der Waals surface area contributed by atoms with Crippen molar-refractivity contribution in [3.63, 3.8) is 0 Å². The predicted octanol–water partition coefficient (Wildman–Crippen LogP) is 6.05. The molecule has 1 aromatic rings. The second-order valence-electron chi connectivity index (χ2n) is 9.32. The van der Waals surface area contributed by atoms with Crippen LogP contribution < -0.4 is 5.32 Å². The van der Waals surface area contributed by atoms with Crippen LogP contribution in [0.4, 0.5) is 9.18 Å². The Morgan fingerprint density at radius 3 is 2.30 bits per heavy atom. The minimum atomic E-state index is -2.01. The van der Waals surface area contributed by atoms with Crippen molar-refractivity contribution in [3.05, 3.63) is 34.1 Å². The van der Waals surface area contributed by atoms with E-state index in [1.54, 1.807) is 32.9 Å². The number of carbonyl (C=O) groups is 1. The van der Waals surface area contributed by atoms with Crippen molar-refractivity contribution in [2.45, 2.75) is 77.7 Å². The molecule has 0 bridgehead atoms. The molecule has 0 aliphatic heterocycles. The molecular formula is C20H33BrFNO3Si. The second kappa shape index (κ2) is 9.05. The van der Waals surface area contributed by atoms with Gasteiger partial charge in [0.2, 0.25) is 0 Å². The number of rotatable bonds is 6. The van der Waals surface area contributed by atoms with Gasteiger partial charge in [0, 0.05) is 10.0 Å². The lowest BCUT2D eigenvalue weighted by Crippen LogP contribution is -2.48. The number of alkyl carbamates (subject to hydrolysis) is 1. The summed E-state index contributed by atoms with van der Waals surface area (Å²) in [5.74, 6) is -0.312. The summed E-state index contributed by atoms with van der Waals surface area (Å²) in [5.41, 5.74) is -0.0922. The minimum Gasteiger partial charge on any atom is -0.444 e. The van der Waals surface area contributed by atoms with Crippen molar-refractivity contribution in [3.8, 4) is 0 Å². The van der Waals surface area contributed by atoms with Gasteiger partial charge in [-0.2, -0.15) is 0 Å². The number of halogens is 2. The van der Waals surface area contributed by atoms with Crippen molar-refractivity contribution in [1.82, 2.24) is 5.32 Å². The molecule has 0 heterocycles. The van der Waals surface area contributed by atoms with Crippen molar-refractivity contribution in [2.75, 3.05) is 6.61 Å². The lowest BCUT2D eigenvalue weighted by atomic mass is 10.1. The Hall–Kier alpha value is -0.923. The van der Waals surface area contributed by atoms with Gasteiger partial charge in [0.05, 0.1) is 12.6 Å². The molecule has 1 N–H and O–H groups in total. The van der Waals surface area contributed by atoms with Crippen LogP contribution in [0.2, 0.25) is 18.1 Å². The van der Waals surface area contributed by atoms with Gasteiger partial charge in [-0.25, -0.2) is 9.18 Å². The Bertz CT molecular complexity index is 633. The molecule has 0 aromatic heterocycles. The lowest BCUT2D eigenvalue weighted by molar-refractivity contribution is 0.0484. The Labute approximate surface area is 172 Å². The van der Waals surface area contributed by atoms with Crippen LogP contribution in [0.25, 0.3) is 0 Å². The van der Waals surface area contributed by atoms with E-state index in [0.717, 1.165) is 0 Å². The zero-order valence-electron chi connectivity index (χ0n) is 17.7. The fourth-order valence-corrected chi connectivity index (χ4v) is 3.68. The number of carbonyl (C=O) groups excluding carboxylic acids is 1. The van der Waals surface area contributed by atoms with E-state index in [2.05, 4.69) is 55.1 Å². The molecule has 27 heavy (non-hydrogen) atoms. The van der Waals surface area contributed by atoms with Crippen LogP contribution >= 0.6 is 15.9 Å². The standard InChI is InChI=1S/C20H33BrFNO3Si/c1-19(2,3)26-18(24)23-14(13-25-27(7,8)20(4,5)6)12-15-16(21)10-9-11-17(15)22/h9-11,14H,12-13H2,1-8H3,(H,23,24)/t14-/m1/s1. The van der Waals surface area contributed by atoms with Crippen LogP contribution in [0.1, 0.15) is 47.1 Å². The Balaban J connectivity index is 2.97. The molecule has 1 rings (SSSR count). The van der Waals surface area contributed by atoms with Gasteiger partial charge in [-0.05, 0) is 57.5 Å². The third kappa shape index (κ3) is 7.91. The molecule has 0 fully saturated rings. The molecule has 1 amide bonds. The zero-order chi connectivity index (χ0) is 21.0. The van der Waals surface area contributed by atoms with E-state index < -0.39 is 26.1 Å². The molecule has 0 aliphatic rings. The summed E-state index contributed by atoms with van der Waals surface area (Å²) in [6.07, 6.45) is -0.222. The maximum absolute atomic E-state index is 14.3. The first-order valence-electron chi connectivity index (χ1n) is 9.19. The van der Waals surface area contributed by atoms with Gasteiger partial charge in [0.25, 0.3) is 0 Å². The first kappa shape index (κ1) is 24.1. The van der Waals surface area contributed by atoms with E-state index in [4.69, 9.17) is 9.16 Å². The van der Waals surface area contributed by atoms with Crippen LogP contribution in [0.5, 0.6) is 0 Å². The highest BCUT2D eigenvalue weighted by Crippen LogP contribution is 2.36. The summed E-state index contributed by atoms with van der Waals surface area (Å²) >= 11 is 3.40. The topological polar surface area (TPSA) is 47.6 Å². The van der Waals surface area contributed by atoms with Crippen LogP contribution in [0, 0.1) is 5.82 Å². The molecule has 1 atom stereocenters. The van der Waals surface area contributed by atoms with Crippen molar-refractivity contribution in [1.29, 1.82) is 0 Å². The Morgan fingerprint density at radius 1 is 1.22 bits per heavy atom. The molecule has 154 valence electrons. The largest absolute Gasteiger partial charge is 0.444 e. The zero-order valence-corrected chi connectivity index (χ0v) is 20.3. The van der Waals surface area contributed by atoms with Gasteiger partial charge in [0.15, 0.2) is 8.32 Å². The Morgan fingerprint density at radius 2 is 1.81 bits per heavy atom. The van der Waals surface area contributed by atoms with Crippen LogP contribution in [-0.2, 0) is 15.6 Å². The number of benzene rings is 1. The molecule has 4 nitrogen and oxygen atoms in total. The SMILES string of the molecule is CC(C)(C)OC(=O)N[C@@H](CO[Si](C)(C)C(C)(C)C)Cc1c(F)cccc1Br. The summed E-state index contributed by atoms with van der Waals surface area (Å²) in [5, 5.41) is 2.89. The van der Waals surface area contributed by atoms with Gasteiger partial charge in [-0.3, -0.25) is 0 Å². The highest BCUT2D eigenvalue weighted by molar-refractivity contribution is 9.10. The third-order valence-corrected chi connectivity index (χ3v) is 9.93. The highest BCUT2D eigenvalue weighted by Gasteiger charge is 2.38. The molecule has 0 saturated carbocycles. The first-order chi connectivity index (χ1) is 12.1. The van der Waals surface area contributed by atoms with Gasteiger partial charge >= 0.3 is 6.09 Å². The summed E-state index contributed by atoms with van der Waals surface area (Å²) in [6.45, 7) is 16.5. The maximum atomic E-state index is 14.3. The van der Waals surface area contributed by atoms with Gasteiger partial charge in [-0.15, -0.1) is 0 Å². The fraction of sp³-hybridized carbons (Fsp3) is 0.650. The van der Waals surface area contributed by atoms with Crippen molar-refractivity contribution < 1.29 is 18.3 Å². The van der Waals surface area contributed by atoms with E-state index in [1.165, 1.54) is 6.07 Å². The van der Waals surface area contributed by atoms with Crippen LogP contribution in [0.3, 0.4) is 0 Å². The molecule has 1 aromatic carbocycles. The molecular weight excluding hydrogens is 429 g/mol. The quantitative estimate of drug-likeness (QED) is 0.524. The molecule has 7 heteroatoms. The minimum absolute atomic E-state index is 0.0437. The van der Waals surface area contributed by atoms with E-state index in [1.807, 2.05) is 0 Å². The molecule has 0 spiro atoms. The van der Waals surface area contributed by atoms with E-state index >= 15 is 0 Å². The number of hydrogen-bond acceptors (Lipinski definition) is 3. The van der Waals surface area contributed by atoms with Crippen molar-refractivity contribution >= 4 is 30.3 Å². The maximum Gasteiger partial charge on any atom is 0.407 e. The van der Waals surface area contributed by atoms with E-state index in [0.29, 0.717) is 23.1 Å². The predicted molar refractivity (Wildman–Crippen MR) is 114 cm³/mol. The summed E-state index contributed by atoms with van der Waals surface area (Å²) in [7, 11) is -2.01. The van der Waals surface area contributed by atoms with Crippen molar-refractivity contribution in [2.24, 2.45) is 0 Å². The Kier molecular flexibility index (Phi) is 8.08. The number of amides is 1. The van der Waals surface area contributed by atoms with E-state index in [-0.39, 0.29) is 10.9 Å². The van der Waals surface area contributed by atoms with Gasteiger partial charge in [0.1, 0.15) is 11.4 Å². The highest BCUT2D eigenvalue weighted by atomic mass is 79.9. The normalized spacial score (nSPS) is 14.0. The third-order valence-electron chi connectivity index (χ3n) is 4.68. The average Bonchev–Trinajstić information content (AvgIpc) is 2.45. The van der Waals surface area contributed by atoms with Gasteiger partial charge < -0.3 is 14.5 Å². The summed E-state index contributed by atoms with van der Waals surface area (Å²) in [4.78, 5) is 12.3. The molecule has 0 radical (unpaired) electrons.